The van der Waals surface area contributed by atoms with E-state index in [4.69, 9.17) is 9.15 Å². The molecule has 3 aromatic rings. The van der Waals surface area contributed by atoms with Crippen molar-refractivity contribution < 1.29 is 9.15 Å². The Kier molecular flexibility index (Phi) is 3.63. The second-order valence-electron chi connectivity index (χ2n) is 6.03. The van der Waals surface area contributed by atoms with Gasteiger partial charge < -0.3 is 13.7 Å². The summed E-state index contributed by atoms with van der Waals surface area (Å²) in [6.45, 7) is 5.32. The highest BCUT2D eigenvalue weighted by atomic mass is 16.5. The number of benzene rings is 1. The first-order chi connectivity index (χ1) is 11.2. The Bertz CT molecular complexity index is 823. The Morgan fingerprint density at radius 3 is 3.00 bits per heavy atom. The van der Waals surface area contributed by atoms with Gasteiger partial charge in [0.2, 0.25) is 0 Å². The maximum absolute atomic E-state index is 5.88. The van der Waals surface area contributed by atoms with Gasteiger partial charge in [0, 0.05) is 37.6 Å². The molecule has 1 aliphatic heterocycles. The van der Waals surface area contributed by atoms with Gasteiger partial charge in [0.15, 0.2) is 5.82 Å². The Morgan fingerprint density at radius 1 is 1.30 bits per heavy atom. The minimum atomic E-state index is -0.0327. The highest BCUT2D eigenvalue weighted by Crippen LogP contribution is 2.28. The van der Waals surface area contributed by atoms with Crippen LogP contribution in [-0.2, 0) is 18.3 Å². The highest BCUT2D eigenvalue weighted by molar-refractivity contribution is 5.82. The molecule has 2 aromatic heterocycles. The number of morpholine rings is 1. The summed E-state index contributed by atoms with van der Waals surface area (Å²) in [5.74, 6) is 1.87. The van der Waals surface area contributed by atoms with E-state index in [1.807, 2.05) is 30.7 Å². The van der Waals surface area contributed by atoms with Gasteiger partial charge >= 0.3 is 0 Å². The van der Waals surface area contributed by atoms with Crippen LogP contribution in [0.15, 0.2) is 35.0 Å². The molecule has 1 aromatic carbocycles. The molecule has 0 N–H and O–H groups in total. The van der Waals surface area contributed by atoms with E-state index in [9.17, 15) is 0 Å². The van der Waals surface area contributed by atoms with E-state index < -0.39 is 0 Å². The number of para-hydroxylation sites is 1. The summed E-state index contributed by atoms with van der Waals surface area (Å²) in [6, 6.07) is 8.21. The van der Waals surface area contributed by atoms with Crippen LogP contribution in [0.2, 0.25) is 0 Å². The lowest BCUT2D eigenvalue weighted by molar-refractivity contribution is -0.0385. The molecule has 0 aliphatic carbocycles. The number of aromatic nitrogens is 3. The van der Waals surface area contributed by atoms with Gasteiger partial charge in [-0.05, 0) is 13.0 Å². The number of rotatable bonds is 3. The molecular weight excluding hydrogens is 292 g/mol. The largest absolute Gasteiger partial charge is 0.461 e. The van der Waals surface area contributed by atoms with E-state index in [-0.39, 0.29) is 6.10 Å². The Labute approximate surface area is 134 Å². The zero-order valence-electron chi connectivity index (χ0n) is 13.4. The number of ether oxygens (including phenoxy) is 1. The fraction of sp³-hybridized carbons (Fsp3) is 0.412. The third kappa shape index (κ3) is 2.64. The summed E-state index contributed by atoms with van der Waals surface area (Å²) >= 11 is 0. The van der Waals surface area contributed by atoms with Gasteiger partial charge in [0.25, 0.3) is 0 Å². The van der Waals surface area contributed by atoms with Gasteiger partial charge in [-0.25, -0.2) is 0 Å². The van der Waals surface area contributed by atoms with Gasteiger partial charge in [-0.2, -0.15) is 0 Å². The molecule has 1 fully saturated rings. The first-order valence-corrected chi connectivity index (χ1v) is 7.87. The van der Waals surface area contributed by atoms with E-state index in [1.54, 1.807) is 6.33 Å². The highest BCUT2D eigenvalue weighted by Gasteiger charge is 2.26. The number of hydrogen-bond donors (Lipinski definition) is 0. The van der Waals surface area contributed by atoms with Gasteiger partial charge in [-0.3, -0.25) is 4.90 Å². The quantitative estimate of drug-likeness (QED) is 0.743. The molecule has 120 valence electrons. The summed E-state index contributed by atoms with van der Waals surface area (Å²) in [7, 11) is 1.95. The van der Waals surface area contributed by atoms with Crippen molar-refractivity contribution in [2.24, 2.45) is 7.05 Å². The molecule has 0 amide bonds. The number of hydrogen-bond acceptors (Lipinski definition) is 5. The van der Waals surface area contributed by atoms with Crippen LogP contribution in [0.1, 0.15) is 23.3 Å². The Balaban J connectivity index is 1.56. The predicted molar refractivity (Wildman–Crippen MR) is 85.9 cm³/mol. The molecule has 1 aliphatic rings. The summed E-state index contributed by atoms with van der Waals surface area (Å²) in [5.41, 5.74) is 2.22. The van der Waals surface area contributed by atoms with E-state index in [1.165, 1.54) is 10.9 Å². The first kappa shape index (κ1) is 14.4. The Morgan fingerprint density at radius 2 is 2.17 bits per heavy atom. The number of aryl methyl sites for hydroxylation is 2. The lowest BCUT2D eigenvalue weighted by Gasteiger charge is -2.32. The van der Waals surface area contributed by atoms with E-state index in [0.29, 0.717) is 6.61 Å². The third-order valence-electron chi connectivity index (χ3n) is 4.47. The lowest BCUT2D eigenvalue weighted by Crippen LogP contribution is -2.38. The minimum Gasteiger partial charge on any atom is -0.461 e. The summed E-state index contributed by atoms with van der Waals surface area (Å²) < 4.78 is 13.7. The molecular formula is C17H20N4O2. The third-order valence-corrected chi connectivity index (χ3v) is 4.47. The molecule has 1 saturated heterocycles. The van der Waals surface area contributed by atoms with Crippen molar-refractivity contribution in [3.05, 3.63) is 47.7 Å². The standard InChI is InChI=1S/C17H20N4O2/c1-12-14(13-5-3-4-6-15(13)23-12)9-21-7-8-22-16(10-21)17-19-18-11-20(17)2/h3-6,11,16H,7-10H2,1-2H3/t16-/m0/s1. The van der Waals surface area contributed by atoms with E-state index in [2.05, 4.69) is 27.2 Å². The second-order valence-corrected chi connectivity index (χ2v) is 6.03. The SMILES string of the molecule is Cc1oc2ccccc2c1CN1CCO[C@H](c2nncn2C)C1. The summed E-state index contributed by atoms with van der Waals surface area (Å²) in [4.78, 5) is 2.40. The molecule has 3 heterocycles. The zero-order chi connectivity index (χ0) is 15.8. The molecule has 6 nitrogen and oxygen atoms in total. The number of nitrogens with zero attached hydrogens (tertiary/aromatic N) is 4. The van der Waals surface area contributed by atoms with Crippen LogP contribution in [0.4, 0.5) is 0 Å². The van der Waals surface area contributed by atoms with Crippen LogP contribution in [-0.4, -0.2) is 39.4 Å². The van der Waals surface area contributed by atoms with E-state index >= 15 is 0 Å². The van der Waals surface area contributed by atoms with E-state index in [0.717, 1.165) is 36.8 Å². The topological polar surface area (TPSA) is 56.3 Å². The molecule has 4 rings (SSSR count). The van der Waals surface area contributed by atoms with Crippen LogP contribution < -0.4 is 0 Å². The maximum atomic E-state index is 5.88. The van der Waals surface area contributed by atoms with Crippen molar-refractivity contribution in [2.75, 3.05) is 19.7 Å². The molecule has 0 spiro atoms. The van der Waals surface area contributed by atoms with Gasteiger partial charge in [0.1, 0.15) is 23.8 Å². The molecule has 1 atom stereocenters. The fourth-order valence-electron chi connectivity index (χ4n) is 3.23. The number of furan rings is 1. The van der Waals surface area contributed by atoms with Gasteiger partial charge in [-0.1, -0.05) is 18.2 Å². The predicted octanol–water partition coefficient (Wildman–Crippen LogP) is 2.44. The normalized spacial score (nSPS) is 19.5. The maximum Gasteiger partial charge on any atom is 0.163 e. The molecule has 0 unspecified atom stereocenters. The summed E-state index contributed by atoms with van der Waals surface area (Å²) in [6.07, 6.45) is 1.68. The van der Waals surface area contributed by atoms with Crippen LogP contribution >= 0.6 is 0 Å². The number of fused-ring (bicyclic) bond motifs is 1. The molecule has 0 radical (unpaired) electrons. The first-order valence-electron chi connectivity index (χ1n) is 7.87. The van der Waals surface area contributed by atoms with Crippen molar-refractivity contribution in [1.29, 1.82) is 0 Å². The minimum absolute atomic E-state index is 0.0327. The van der Waals surface area contributed by atoms with Crippen LogP contribution in [0.3, 0.4) is 0 Å². The lowest BCUT2D eigenvalue weighted by atomic mass is 10.1. The monoisotopic (exact) mass is 312 g/mol. The second kappa shape index (κ2) is 5.79. The van der Waals surface area contributed by atoms with Crippen molar-refractivity contribution in [2.45, 2.75) is 19.6 Å². The smallest absolute Gasteiger partial charge is 0.163 e. The summed E-state index contributed by atoms with van der Waals surface area (Å²) in [5, 5.41) is 9.33. The average Bonchev–Trinajstić information content (AvgIpc) is 3.12. The molecule has 0 saturated carbocycles. The van der Waals surface area contributed by atoms with Gasteiger partial charge in [-0.15, -0.1) is 10.2 Å². The van der Waals surface area contributed by atoms with Gasteiger partial charge in [0.05, 0.1) is 6.61 Å². The molecule has 23 heavy (non-hydrogen) atoms. The van der Waals surface area contributed by atoms with Crippen LogP contribution in [0, 0.1) is 6.92 Å². The van der Waals surface area contributed by atoms with Crippen molar-refractivity contribution in [3.8, 4) is 0 Å². The average molecular weight is 312 g/mol. The zero-order valence-corrected chi connectivity index (χ0v) is 13.4. The fourth-order valence-corrected chi connectivity index (χ4v) is 3.23. The van der Waals surface area contributed by atoms with Crippen LogP contribution in [0.25, 0.3) is 11.0 Å². The van der Waals surface area contributed by atoms with Crippen molar-refractivity contribution >= 4 is 11.0 Å². The van der Waals surface area contributed by atoms with Crippen molar-refractivity contribution in [1.82, 2.24) is 19.7 Å². The Hall–Kier alpha value is -2.18. The molecule has 0 bridgehead atoms. The molecule has 6 heteroatoms. The van der Waals surface area contributed by atoms with Crippen LogP contribution in [0.5, 0.6) is 0 Å². The van der Waals surface area contributed by atoms with Crippen molar-refractivity contribution in [3.63, 3.8) is 0 Å².